The predicted molar refractivity (Wildman–Crippen MR) is 118 cm³/mol. The first-order valence-electron chi connectivity index (χ1n) is 10.4. The minimum absolute atomic E-state index is 0.00416. The summed E-state index contributed by atoms with van der Waals surface area (Å²) in [4.78, 5) is 29.4. The molecule has 2 heterocycles. The first-order chi connectivity index (χ1) is 15.1. The van der Waals surface area contributed by atoms with E-state index in [0.29, 0.717) is 11.4 Å². The number of nitro groups is 1. The molecule has 1 fully saturated rings. The van der Waals surface area contributed by atoms with E-state index in [1.165, 1.54) is 54.5 Å². The second kappa shape index (κ2) is 9.38. The molecule has 160 valence electrons. The van der Waals surface area contributed by atoms with E-state index in [1.807, 2.05) is 24.3 Å². The molecule has 0 aliphatic carbocycles. The van der Waals surface area contributed by atoms with E-state index in [1.54, 1.807) is 12.1 Å². The van der Waals surface area contributed by atoms with E-state index in [9.17, 15) is 14.9 Å². The van der Waals surface area contributed by atoms with Crippen molar-refractivity contribution in [2.24, 2.45) is 0 Å². The second-order valence-corrected chi connectivity index (χ2v) is 7.57. The van der Waals surface area contributed by atoms with Gasteiger partial charge >= 0.3 is 0 Å². The predicted octanol–water partition coefficient (Wildman–Crippen LogP) is 3.87. The van der Waals surface area contributed by atoms with Crippen molar-refractivity contribution in [3.63, 3.8) is 0 Å². The second-order valence-electron chi connectivity index (χ2n) is 7.57. The third kappa shape index (κ3) is 5.25. The summed E-state index contributed by atoms with van der Waals surface area (Å²) in [6, 6.07) is 14.0. The molecule has 0 saturated carbocycles. The van der Waals surface area contributed by atoms with Crippen LogP contribution in [0.4, 0.5) is 17.1 Å². The standard InChI is InChI=1S/C22H24N6O3/c29-21(24-18-8-10-19(11-9-18)26-12-3-1-2-4-13-26)15-27-16-23-22(25-27)17-6-5-7-20(14-17)28(30)31/h5-11,14,16H,1-4,12-13,15H2,(H,24,29). The van der Waals surface area contributed by atoms with Gasteiger partial charge in [-0.3, -0.25) is 14.9 Å². The normalized spacial score (nSPS) is 14.1. The van der Waals surface area contributed by atoms with Crippen LogP contribution in [0.1, 0.15) is 25.7 Å². The molecule has 1 saturated heterocycles. The molecule has 1 aliphatic heterocycles. The average Bonchev–Trinajstić information content (AvgIpc) is 3.06. The number of nitro benzene ring substituents is 1. The molecule has 1 aliphatic rings. The maximum atomic E-state index is 12.4. The third-order valence-electron chi connectivity index (χ3n) is 5.28. The van der Waals surface area contributed by atoms with Crippen molar-refractivity contribution in [1.82, 2.24) is 14.8 Å². The Morgan fingerprint density at radius 3 is 2.52 bits per heavy atom. The van der Waals surface area contributed by atoms with E-state index in [-0.39, 0.29) is 18.1 Å². The first-order valence-corrected chi connectivity index (χ1v) is 10.4. The van der Waals surface area contributed by atoms with Gasteiger partial charge in [-0.05, 0) is 37.1 Å². The van der Waals surface area contributed by atoms with Crippen LogP contribution in [0.3, 0.4) is 0 Å². The third-order valence-corrected chi connectivity index (χ3v) is 5.28. The zero-order valence-electron chi connectivity index (χ0n) is 17.1. The lowest BCUT2D eigenvalue weighted by Gasteiger charge is -2.22. The highest BCUT2D eigenvalue weighted by atomic mass is 16.6. The van der Waals surface area contributed by atoms with Gasteiger partial charge in [0.25, 0.3) is 5.69 Å². The number of aromatic nitrogens is 3. The van der Waals surface area contributed by atoms with Crippen LogP contribution in [0.2, 0.25) is 0 Å². The van der Waals surface area contributed by atoms with Crippen molar-refractivity contribution in [2.75, 3.05) is 23.3 Å². The largest absolute Gasteiger partial charge is 0.372 e. The molecule has 1 N–H and O–H groups in total. The maximum absolute atomic E-state index is 12.4. The van der Waals surface area contributed by atoms with E-state index < -0.39 is 4.92 Å². The molecule has 0 atom stereocenters. The number of benzene rings is 2. The SMILES string of the molecule is O=C(Cn1cnc(-c2cccc([N+](=O)[O-])c2)n1)Nc1ccc(N2CCCCCC2)cc1. The van der Waals surface area contributed by atoms with Crippen LogP contribution in [-0.2, 0) is 11.3 Å². The summed E-state index contributed by atoms with van der Waals surface area (Å²) in [7, 11) is 0. The highest BCUT2D eigenvalue weighted by Crippen LogP contribution is 2.22. The van der Waals surface area contributed by atoms with Gasteiger partial charge in [-0.1, -0.05) is 25.0 Å². The molecular formula is C22H24N6O3. The monoisotopic (exact) mass is 420 g/mol. The van der Waals surface area contributed by atoms with Gasteiger partial charge in [-0.2, -0.15) is 5.10 Å². The minimum atomic E-state index is -0.466. The molecule has 9 nitrogen and oxygen atoms in total. The van der Waals surface area contributed by atoms with Gasteiger partial charge in [0.2, 0.25) is 5.91 Å². The van der Waals surface area contributed by atoms with Crippen molar-refractivity contribution in [3.05, 3.63) is 65.0 Å². The van der Waals surface area contributed by atoms with Crippen LogP contribution >= 0.6 is 0 Å². The number of rotatable bonds is 6. The van der Waals surface area contributed by atoms with Gasteiger partial charge in [0.1, 0.15) is 12.9 Å². The highest BCUT2D eigenvalue weighted by molar-refractivity contribution is 5.90. The minimum Gasteiger partial charge on any atom is -0.372 e. The molecule has 0 spiro atoms. The average molecular weight is 420 g/mol. The van der Waals surface area contributed by atoms with Crippen molar-refractivity contribution in [1.29, 1.82) is 0 Å². The van der Waals surface area contributed by atoms with Crippen LogP contribution in [0.15, 0.2) is 54.9 Å². The molecular weight excluding hydrogens is 396 g/mol. The molecule has 0 unspecified atom stereocenters. The Labute approximate surface area is 179 Å². The van der Waals surface area contributed by atoms with Crippen molar-refractivity contribution >= 4 is 23.0 Å². The van der Waals surface area contributed by atoms with Crippen LogP contribution in [0, 0.1) is 10.1 Å². The zero-order valence-corrected chi connectivity index (χ0v) is 17.1. The van der Waals surface area contributed by atoms with Crippen LogP contribution < -0.4 is 10.2 Å². The number of nitrogens with zero attached hydrogens (tertiary/aromatic N) is 5. The number of hydrogen-bond donors (Lipinski definition) is 1. The molecule has 1 aromatic heterocycles. The number of nitrogens with one attached hydrogen (secondary N) is 1. The van der Waals surface area contributed by atoms with Gasteiger partial charge in [-0.25, -0.2) is 9.67 Å². The Hall–Kier alpha value is -3.75. The number of carbonyl (C=O) groups excluding carboxylic acids is 1. The molecule has 3 aromatic rings. The number of anilines is 2. The molecule has 0 bridgehead atoms. The molecule has 1 amide bonds. The summed E-state index contributed by atoms with van der Waals surface area (Å²) in [5, 5.41) is 18.1. The molecule has 2 aromatic carbocycles. The van der Waals surface area contributed by atoms with Crippen LogP contribution in [0.25, 0.3) is 11.4 Å². The zero-order chi connectivity index (χ0) is 21.6. The Morgan fingerprint density at radius 1 is 1.06 bits per heavy atom. The van der Waals surface area contributed by atoms with E-state index in [2.05, 4.69) is 20.3 Å². The quantitative estimate of drug-likeness (QED) is 0.479. The number of hydrogen-bond acceptors (Lipinski definition) is 6. The van der Waals surface area contributed by atoms with Crippen LogP contribution in [0.5, 0.6) is 0 Å². The van der Waals surface area contributed by atoms with Crippen LogP contribution in [-0.4, -0.2) is 38.7 Å². The number of amides is 1. The summed E-state index contributed by atoms with van der Waals surface area (Å²) in [6.07, 6.45) is 6.45. The Balaban J connectivity index is 1.36. The van der Waals surface area contributed by atoms with Gasteiger partial charge < -0.3 is 10.2 Å². The summed E-state index contributed by atoms with van der Waals surface area (Å²) in [5.41, 5.74) is 2.40. The summed E-state index contributed by atoms with van der Waals surface area (Å²) < 4.78 is 1.41. The highest BCUT2D eigenvalue weighted by Gasteiger charge is 2.13. The van der Waals surface area contributed by atoms with Crippen molar-refractivity contribution < 1.29 is 9.72 Å². The number of carbonyl (C=O) groups is 1. The van der Waals surface area contributed by atoms with Crippen molar-refractivity contribution in [3.8, 4) is 11.4 Å². The summed E-state index contributed by atoms with van der Waals surface area (Å²) >= 11 is 0. The van der Waals surface area contributed by atoms with E-state index in [4.69, 9.17) is 0 Å². The van der Waals surface area contributed by atoms with Crippen molar-refractivity contribution in [2.45, 2.75) is 32.2 Å². The van der Waals surface area contributed by atoms with E-state index in [0.717, 1.165) is 18.8 Å². The molecule has 4 rings (SSSR count). The fourth-order valence-corrected chi connectivity index (χ4v) is 3.69. The molecule has 31 heavy (non-hydrogen) atoms. The van der Waals surface area contributed by atoms with Gasteiger partial charge in [0, 0.05) is 42.2 Å². The number of non-ortho nitro benzene ring substituents is 1. The van der Waals surface area contributed by atoms with Gasteiger partial charge in [-0.15, -0.1) is 0 Å². The fraction of sp³-hybridized carbons (Fsp3) is 0.318. The topological polar surface area (TPSA) is 106 Å². The lowest BCUT2D eigenvalue weighted by Crippen LogP contribution is -2.23. The lowest BCUT2D eigenvalue weighted by molar-refractivity contribution is -0.384. The van der Waals surface area contributed by atoms with Gasteiger partial charge in [0.05, 0.1) is 4.92 Å². The van der Waals surface area contributed by atoms with E-state index >= 15 is 0 Å². The first kappa shape index (κ1) is 20.5. The smallest absolute Gasteiger partial charge is 0.270 e. The fourth-order valence-electron chi connectivity index (χ4n) is 3.69. The molecule has 9 heteroatoms. The maximum Gasteiger partial charge on any atom is 0.270 e. The van der Waals surface area contributed by atoms with Gasteiger partial charge in [0.15, 0.2) is 5.82 Å². The summed E-state index contributed by atoms with van der Waals surface area (Å²) in [6.45, 7) is 2.14. The summed E-state index contributed by atoms with van der Waals surface area (Å²) in [5.74, 6) is 0.108. The Kier molecular flexibility index (Phi) is 6.21. The lowest BCUT2D eigenvalue weighted by atomic mass is 10.2. The Bertz CT molecular complexity index is 1060. The molecule has 0 radical (unpaired) electrons. The Morgan fingerprint density at radius 2 is 1.81 bits per heavy atom.